The average Bonchev–Trinajstić information content (AvgIpc) is 3.42. The number of hydrogen-bond acceptors (Lipinski definition) is 10. The molecule has 1 aromatic rings. The third kappa shape index (κ3) is 9.54. The summed E-state index contributed by atoms with van der Waals surface area (Å²) in [6.07, 6.45) is 4.90. The lowest BCUT2D eigenvalue weighted by Crippen LogP contribution is -2.51. The van der Waals surface area contributed by atoms with Gasteiger partial charge in [0.1, 0.15) is 23.6 Å². The lowest BCUT2D eigenvalue weighted by molar-refractivity contribution is -0.161. The molecule has 1 saturated heterocycles. The average molecular weight is 669 g/mol. The van der Waals surface area contributed by atoms with Gasteiger partial charge in [-0.3, -0.25) is 4.99 Å². The molecule has 3 aliphatic heterocycles. The van der Waals surface area contributed by atoms with Crippen molar-refractivity contribution in [2.75, 3.05) is 32.9 Å². The largest absolute Gasteiger partial charge is 0.490 e. The molecule has 0 amide bonds. The van der Waals surface area contributed by atoms with Crippen LogP contribution in [0, 0.1) is 5.82 Å². The van der Waals surface area contributed by atoms with Crippen LogP contribution in [0.2, 0.25) is 0 Å². The number of rotatable bonds is 16. The normalized spacial score (nSPS) is 20.5. The Balaban J connectivity index is 1.63. The second-order valence-corrected chi connectivity index (χ2v) is 13.7. The quantitative estimate of drug-likeness (QED) is 0.144. The van der Waals surface area contributed by atoms with Crippen molar-refractivity contribution in [2.45, 2.75) is 110 Å². The van der Waals surface area contributed by atoms with Crippen LogP contribution in [0.1, 0.15) is 79.7 Å². The summed E-state index contributed by atoms with van der Waals surface area (Å²) in [5.41, 5.74) is 1.83. The fourth-order valence-corrected chi connectivity index (χ4v) is 6.08. The van der Waals surface area contributed by atoms with E-state index in [0.717, 1.165) is 24.4 Å². The zero-order valence-corrected chi connectivity index (χ0v) is 29.7. The fraction of sp³-hybridized carbons (Fsp3) is 0.595. The van der Waals surface area contributed by atoms with Crippen molar-refractivity contribution in [1.82, 2.24) is 9.91 Å². The zero-order chi connectivity index (χ0) is 35.1. The van der Waals surface area contributed by atoms with Crippen LogP contribution in [0.15, 0.2) is 65.0 Å². The first-order valence-electron chi connectivity index (χ1n) is 16.9. The van der Waals surface area contributed by atoms with Crippen LogP contribution >= 0.6 is 0 Å². The number of fused-ring (bicyclic) bond motifs is 1. The number of carbonyl (C=O) groups is 1. The first kappa shape index (κ1) is 37.3. The van der Waals surface area contributed by atoms with E-state index in [1.807, 2.05) is 39.6 Å². The first-order chi connectivity index (χ1) is 22.8. The van der Waals surface area contributed by atoms with Gasteiger partial charge in [0.2, 0.25) is 0 Å². The fourth-order valence-electron chi connectivity index (χ4n) is 6.08. The van der Waals surface area contributed by atoms with Crippen LogP contribution in [0.25, 0.3) is 0 Å². The highest BCUT2D eigenvalue weighted by molar-refractivity contribution is 6.05. The lowest BCUT2D eigenvalue weighted by Gasteiger charge is -2.45. The number of nitrogens with zero attached hydrogens (tertiary/aromatic N) is 4. The Bertz CT molecular complexity index is 1410. The van der Waals surface area contributed by atoms with Gasteiger partial charge in [0.05, 0.1) is 55.0 Å². The Labute approximate surface area is 285 Å². The van der Waals surface area contributed by atoms with E-state index in [-0.39, 0.29) is 43.5 Å². The van der Waals surface area contributed by atoms with Crippen LogP contribution < -0.4 is 4.74 Å². The third-order valence-electron chi connectivity index (χ3n) is 8.42. The highest BCUT2D eigenvalue weighted by Gasteiger charge is 2.44. The van der Waals surface area contributed by atoms with Crippen molar-refractivity contribution in [3.8, 4) is 5.75 Å². The van der Waals surface area contributed by atoms with Crippen molar-refractivity contribution < 1.29 is 32.9 Å². The second kappa shape index (κ2) is 16.2. The number of carbonyl (C=O) groups excluding carboxylic acids is 1. The number of piperidine rings is 1. The van der Waals surface area contributed by atoms with Gasteiger partial charge in [0.15, 0.2) is 6.10 Å². The van der Waals surface area contributed by atoms with Crippen molar-refractivity contribution in [3.63, 3.8) is 0 Å². The maximum absolute atomic E-state index is 14.2. The summed E-state index contributed by atoms with van der Waals surface area (Å²) in [6, 6.07) is 4.44. The summed E-state index contributed by atoms with van der Waals surface area (Å²) in [4.78, 5) is 20.8. The molecule has 0 aromatic heterocycles. The van der Waals surface area contributed by atoms with Gasteiger partial charge in [0, 0.05) is 37.2 Å². The number of esters is 1. The smallest absolute Gasteiger partial charge is 0.340 e. The molecule has 0 spiro atoms. The summed E-state index contributed by atoms with van der Waals surface area (Å²) in [5.74, 6) is 0.532. The van der Waals surface area contributed by atoms with Gasteiger partial charge in [-0.25, -0.2) is 14.2 Å². The SMILES string of the molecule is C=CCOC1(C)CCN(C2=C([C@H](OC(C)(C)C)C(=O)OCC)C(C)=NC3CC(COCc4cc(F)ccc4O[C@@H](C)CC=C)=NN23)CC1. The van der Waals surface area contributed by atoms with Gasteiger partial charge in [-0.2, -0.15) is 5.10 Å². The number of halogens is 1. The minimum Gasteiger partial charge on any atom is -0.490 e. The van der Waals surface area contributed by atoms with E-state index in [4.69, 9.17) is 33.8 Å². The van der Waals surface area contributed by atoms with Crippen LogP contribution in [0.5, 0.6) is 5.75 Å². The predicted octanol–water partition coefficient (Wildman–Crippen LogP) is 6.56. The molecular formula is C37H53FN4O6. The zero-order valence-electron chi connectivity index (χ0n) is 29.7. The number of benzene rings is 1. The van der Waals surface area contributed by atoms with Crippen molar-refractivity contribution in [1.29, 1.82) is 0 Å². The molecule has 48 heavy (non-hydrogen) atoms. The van der Waals surface area contributed by atoms with Crippen LogP contribution in [0.4, 0.5) is 4.39 Å². The maximum Gasteiger partial charge on any atom is 0.340 e. The van der Waals surface area contributed by atoms with Gasteiger partial charge in [0.25, 0.3) is 0 Å². The molecule has 1 unspecified atom stereocenters. The van der Waals surface area contributed by atoms with Gasteiger partial charge in [-0.05, 0) is 79.5 Å². The predicted molar refractivity (Wildman–Crippen MR) is 185 cm³/mol. The Hall–Kier alpha value is -3.54. The lowest BCUT2D eigenvalue weighted by atomic mass is 9.92. The standard InChI is InChI=1S/C37H53FN4O6/c1-10-13-25(4)47-30-15-14-28(38)21-27(30)23-44-24-29-22-31-39-26(5)32(33(35(43)45-12-3)48-36(6,7)8)34(42(31)40-29)41-18-16-37(9,17-19-41)46-20-11-2/h10-11,14-15,21,25,31,33H,1-2,12-13,16-20,22-24H2,3-9H3/t25-,31?,33-/m0/s1. The minimum atomic E-state index is -1.000. The van der Waals surface area contributed by atoms with E-state index >= 15 is 0 Å². The molecule has 11 heteroatoms. The van der Waals surface area contributed by atoms with E-state index in [9.17, 15) is 9.18 Å². The Morgan fingerprint density at radius 2 is 1.92 bits per heavy atom. The van der Waals surface area contributed by atoms with E-state index in [1.165, 1.54) is 12.1 Å². The van der Waals surface area contributed by atoms with Crippen molar-refractivity contribution in [3.05, 3.63) is 66.3 Å². The molecule has 10 nitrogen and oxygen atoms in total. The molecule has 0 bridgehead atoms. The number of aliphatic imine (C=N–C) groups is 1. The van der Waals surface area contributed by atoms with E-state index in [0.29, 0.717) is 55.1 Å². The van der Waals surface area contributed by atoms with E-state index < -0.39 is 17.7 Å². The number of hydrazone groups is 1. The molecule has 0 N–H and O–H groups in total. The molecule has 3 aliphatic rings. The van der Waals surface area contributed by atoms with E-state index in [1.54, 1.807) is 25.1 Å². The number of hydrogen-bond donors (Lipinski definition) is 0. The van der Waals surface area contributed by atoms with Crippen LogP contribution in [0.3, 0.4) is 0 Å². The van der Waals surface area contributed by atoms with Gasteiger partial charge >= 0.3 is 5.97 Å². The van der Waals surface area contributed by atoms with Crippen molar-refractivity contribution >= 4 is 17.4 Å². The minimum absolute atomic E-state index is 0.107. The maximum atomic E-state index is 14.2. The Morgan fingerprint density at radius 3 is 2.56 bits per heavy atom. The molecule has 4 rings (SSSR count). The summed E-state index contributed by atoms with van der Waals surface area (Å²) in [6.45, 7) is 23.5. The summed E-state index contributed by atoms with van der Waals surface area (Å²) < 4.78 is 44.4. The molecular weight excluding hydrogens is 615 g/mol. The van der Waals surface area contributed by atoms with Gasteiger partial charge in [-0.15, -0.1) is 13.2 Å². The summed E-state index contributed by atoms with van der Waals surface area (Å²) in [5, 5.41) is 6.92. The molecule has 3 heterocycles. The molecule has 264 valence electrons. The van der Waals surface area contributed by atoms with E-state index in [2.05, 4.69) is 25.0 Å². The number of likely N-dealkylation sites (tertiary alicyclic amines) is 1. The highest BCUT2D eigenvalue weighted by Crippen LogP contribution is 2.38. The molecule has 1 fully saturated rings. The van der Waals surface area contributed by atoms with Crippen LogP contribution in [-0.2, 0) is 30.3 Å². The Kier molecular flexibility index (Phi) is 12.6. The molecule has 1 aromatic carbocycles. The molecule has 0 radical (unpaired) electrons. The topological polar surface area (TPSA) is 94.4 Å². The number of ether oxygens (including phenoxy) is 5. The molecule has 0 saturated carbocycles. The monoisotopic (exact) mass is 668 g/mol. The molecule has 0 aliphatic carbocycles. The summed E-state index contributed by atoms with van der Waals surface area (Å²) >= 11 is 0. The van der Waals surface area contributed by atoms with Crippen LogP contribution in [-0.4, -0.2) is 89.8 Å². The Morgan fingerprint density at radius 1 is 1.19 bits per heavy atom. The first-order valence-corrected chi connectivity index (χ1v) is 16.9. The van der Waals surface area contributed by atoms with Gasteiger partial charge < -0.3 is 28.6 Å². The van der Waals surface area contributed by atoms with Gasteiger partial charge in [-0.1, -0.05) is 12.2 Å². The molecule has 3 atom stereocenters. The highest BCUT2D eigenvalue weighted by atomic mass is 19.1. The summed E-state index contributed by atoms with van der Waals surface area (Å²) in [7, 11) is 0. The third-order valence-corrected chi connectivity index (χ3v) is 8.42. The van der Waals surface area contributed by atoms with Crippen molar-refractivity contribution in [2.24, 2.45) is 10.1 Å². The second-order valence-electron chi connectivity index (χ2n) is 13.7.